The fraction of sp³-hybridized carbons (Fsp3) is 0.400. The number of benzene rings is 1. The van der Waals surface area contributed by atoms with Crippen molar-refractivity contribution in [2.45, 2.75) is 33.0 Å². The smallest absolute Gasteiger partial charge is 0.338 e. The van der Waals surface area contributed by atoms with E-state index < -0.39 is 5.97 Å². The minimum absolute atomic E-state index is 0.0347. The molecule has 0 bridgehead atoms. The Hall–Kier alpha value is -2.21. The summed E-state index contributed by atoms with van der Waals surface area (Å²) in [6.45, 7) is 4.33. The highest BCUT2D eigenvalue weighted by atomic mass is 16.6. The van der Waals surface area contributed by atoms with Crippen molar-refractivity contribution in [2.75, 3.05) is 7.11 Å². The van der Waals surface area contributed by atoms with E-state index in [1.165, 1.54) is 0 Å². The lowest BCUT2D eigenvalue weighted by atomic mass is 10.1. The van der Waals surface area contributed by atoms with Crippen LogP contribution >= 0.6 is 0 Å². The van der Waals surface area contributed by atoms with Gasteiger partial charge < -0.3 is 14.0 Å². The van der Waals surface area contributed by atoms with Crippen molar-refractivity contribution < 1.29 is 18.8 Å². The van der Waals surface area contributed by atoms with Gasteiger partial charge in [-0.05, 0) is 17.7 Å². The molecule has 2 rings (SSSR count). The summed E-state index contributed by atoms with van der Waals surface area (Å²) in [5.41, 5.74) is 1.37. The molecular weight excluding hydrogens is 272 g/mol. The molecule has 0 spiro atoms. The molecule has 0 saturated carbocycles. The third kappa shape index (κ3) is 4.13. The Morgan fingerprint density at radius 2 is 2.14 bits per heavy atom. The lowest BCUT2D eigenvalue weighted by Crippen LogP contribution is -2.06. The minimum Gasteiger partial charge on any atom is -0.452 e. The largest absolute Gasteiger partial charge is 0.452 e. The van der Waals surface area contributed by atoms with Gasteiger partial charge in [0.25, 0.3) is 5.89 Å². The molecule has 0 amide bonds. The number of hydrogen-bond acceptors (Lipinski definition) is 6. The molecule has 1 aromatic carbocycles. The fourth-order valence-corrected chi connectivity index (χ4v) is 1.73. The highest BCUT2D eigenvalue weighted by molar-refractivity contribution is 5.89. The Morgan fingerprint density at radius 1 is 1.33 bits per heavy atom. The van der Waals surface area contributed by atoms with Gasteiger partial charge in [-0.15, -0.1) is 0 Å². The summed E-state index contributed by atoms with van der Waals surface area (Å²) in [7, 11) is 1.60. The third-order valence-electron chi connectivity index (χ3n) is 2.80. The van der Waals surface area contributed by atoms with Crippen molar-refractivity contribution in [2.24, 2.45) is 0 Å². The van der Waals surface area contributed by atoms with Crippen LogP contribution in [0, 0.1) is 0 Å². The van der Waals surface area contributed by atoms with E-state index in [9.17, 15) is 4.79 Å². The minimum atomic E-state index is -0.433. The van der Waals surface area contributed by atoms with Crippen LogP contribution in [0.15, 0.2) is 28.8 Å². The molecule has 0 unspecified atom stereocenters. The van der Waals surface area contributed by atoms with Gasteiger partial charge in [-0.25, -0.2) is 4.79 Å². The second kappa shape index (κ2) is 6.99. The molecule has 21 heavy (non-hydrogen) atoms. The van der Waals surface area contributed by atoms with Gasteiger partial charge in [0.05, 0.1) is 12.2 Å². The van der Waals surface area contributed by atoms with Crippen LogP contribution in [-0.2, 0) is 22.7 Å². The van der Waals surface area contributed by atoms with E-state index in [2.05, 4.69) is 10.1 Å². The molecule has 0 saturated heterocycles. The van der Waals surface area contributed by atoms with Gasteiger partial charge >= 0.3 is 5.97 Å². The molecule has 0 N–H and O–H groups in total. The summed E-state index contributed by atoms with van der Waals surface area (Å²) >= 11 is 0. The number of aromatic nitrogens is 2. The molecule has 1 aromatic heterocycles. The molecule has 0 fully saturated rings. The first-order valence-electron chi connectivity index (χ1n) is 6.67. The first-order valence-corrected chi connectivity index (χ1v) is 6.67. The maximum Gasteiger partial charge on any atom is 0.338 e. The molecule has 6 nitrogen and oxygen atoms in total. The topological polar surface area (TPSA) is 74.5 Å². The lowest BCUT2D eigenvalue weighted by Gasteiger charge is -2.04. The zero-order chi connectivity index (χ0) is 15.2. The van der Waals surface area contributed by atoms with Crippen LogP contribution in [0.4, 0.5) is 0 Å². The predicted molar refractivity (Wildman–Crippen MR) is 74.7 cm³/mol. The maximum atomic E-state index is 12.0. The van der Waals surface area contributed by atoms with Crippen molar-refractivity contribution >= 4 is 5.97 Å². The van der Waals surface area contributed by atoms with Crippen LogP contribution < -0.4 is 0 Å². The Kier molecular flexibility index (Phi) is 5.05. The molecule has 0 radical (unpaired) electrons. The molecule has 112 valence electrons. The molecule has 6 heteroatoms. The van der Waals surface area contributed by atoms with E-state index >= 15 is 0 Å². The Bertz CT molecular complexity index is 607. The average molecular weight is 290 g/mol. The van der Waals surface area contributed by atoms with E-state index in [0.29, 0.717) is 23.9 Å². The first kappa shape index (κ1) is 15.2. The molecular formula is C15H18N2O4. The van der Waals surface area contributed by atoms with Gasteiger partial charge in [0.2, 0.25) is 0 Å². The van der Waals surface area contributed by atoms with Crippen LogP contribution in [0.3, 0.4) is 0 Å². The molecule has 1 heterocycles. The predicted octanol–water partition coefficient (Wildman–Crippen LogP) is 2.70. The van der Waals surface area contributed by atoms with Crippen LogP contribution in [0.5, 0.6) is 0 Å². The van der Waals surface area contributed by atoms with Gasteiger partial charge in [0, 0.05) is 13.0 Å². The Labute approximate surface area is 123 Å². The number of nitrogens with zero attached hydrogens (tertiary/aromatic N) is 2. The van der Waals surface area contributed by atoms with Crippen molar-refractivity contribution in [3.8, 4) is 0 Å². The van der Waals surface area contributed by atoms with E-state index in [1.807, 2.05) is 19.9 Å². The lowest BCUT2D eigenvalue weighted by molar-refractivity contribution is 0.0429. The highest BCUT2D eigenvalue weighted by Gasteiger charge is 2.13. The van der Waals surface area contributed by atoms with Crippen molar-refractivity contribution in [3.63, 3.8) is 0 Å². The number of hydrogen-bond donors (Lipinski definition) is 0. The second-order valence-corrected chi connectivity index (χ2v) is 4.91. The van der Waals surface area contributed by atoms with E-state index in [-0.39, 0.29) is 12.5 Å². The van der Waals surface area contributed by atoms with Crippen molar-refractivity contribution in [1.29, 1.82) is 0 Å². The molecule has 0 aliphatic heterocycles. The van der Waals surface area contributed by atoms with Gasteiger partial charge in [-0.2, -0.15) is 4.98 Å². The van der Waals surface area contributed by atoms with Crippen LogP contribution in [0.2, 0.25) is 0 Å². The van der Waals surface area contributed by atoms with Gasteiger partial charge in [-0.3, -0.25) is 0 Å². The van der Waals surface area contributed by atoms with Gasteiger partial charge in [0.15, 0.2) is 12.4 Å². The third-order valence-corrected chi connectivity index (χ3v) is 2.80. The van der Waals surface area contributed by atoms with Crippen molar-refractivity contribution in [1.82, 2.24) is 10.1 Å². The fourth-order valence-electron chi connectivity index (χ4n) is 1.73. The van der Waals surface area contributed by atoms with E-state index in [0.717, 1.165) is 5.56 Å². The zero-order valence-electron chi connectivity index (χ0n) is 12.3. The molecule has 2 aromatic rings. The highest BCUT2D eigenvalue weighted by Crippen LogP contribution is 2.12. The number of rotatable bonds is 6. The first-order chi connectivity index (χ1) is 10.1. The monoisotopic (exact) mass is 290 g/mol. The summed E-state index contributed by atoms with van der Waals surface area (Å²) in [4.78, 5) is 16.1. The van der Waals surface area contributed by atoms with Crippen LogP contribution in [-0.4, -0.2) is 23.2 Å². The summed E-state index contributed by atoms with van der Waals surface area (Å²) in [5, 5.41) is 3.81. The van der Waals surface area contributed by atoms with Crippen LogP contribution in [0.1, 0.15) is 47.4 Å². The van der Waals surface area contributed by atoms with Gasteiger partial charge in [0.1, 0.15) is 0 Å². The van der Waals surface area contributed by atoms with Crippen molar-refractivity contribution in [3.05, 3.63) is 47.1 Å². The standard InChI is InChI=1S/C15H18N2O4/c1-10(2)14-16-13(21-17-14)9-20-15(18)12-6-4-5-11(7-12)8-19-3/h4-7,10H,8-9H2,1-3H3. The summed E-state index contributed by atoms with van der Waals surface area (Å²) in [6.07, 6.45) is 0. The SMILES string of the molecule is COCc1cccc(C(=O)OCc2nc(C(C)C)no2)c1. The maximum absolute atomic E-state index is 12.0. The average Bonchev–Trinajstić information content (AvgIpc) is 2.94. The quantitative estimate of drug-likeness (QED) is 0.761. The molecule has 0 aliphatic carbocycles. The number of carbonyl (C=O) groups is 1. The number of esters is 1. The number of ether oxygens (including phenoxy) is 2. The summed E-state index contributed by atoms with van der Waals surface area (Å²) in [6, 6.07) is 7.09. The van der Waals surface area contributed by atoms with E-state index in [1.54, 1.807) is 25.3 Å². The zero-order valence-corrected chi connectivity index (χ0v) is 12.3. The van der Waals surface area contributed by atoms with E-state index in [4.69, 9.17) is 14.0 Å². The summed E-state index contributed by atoms with van der Waals surface area (Å²) in [5.74, 6) is 0.629. The Morgan fingerprint density at radius 3 is 2.81 bits per heavy atom. The van der Waals surface area contributed by atoms with Gasteiger partial charge in [-0.1, -0.05) is 31.1 Å². The molecule has 0 aliphatic rings. The normalized spacial score (nSPS) is 10.9. The number of methoxy groups -OCH3 is 1. The Balaban J connectivity index is 1.96. The number of carbonyl (C=O) groups excluding carboxylic acids is 1. The second-order valence-electron chi connectivity index (χ2n) is 4.91. The van der Waals surface area contributed by atoms with Crippen LogP contribution in [0.25, 0.3) is 0 Å². The molecule has 0 atom stereocenters. The summed E-state index contributed by atoms with van der Waals surface area (Å²) < 4.78 is 15.2.